The van der Waals surface area contributed by atoms with E-state index in [2.05, 4.69) is 4.72 Å². The fraction of sp³-hybridized carbons (Fsp3) is 0.632. The quantitative estimate of drug-likeness (QED) is 0.389. The minimum absolute atomic E-state index is 0.0641. The van der Waals surface area contributed by atoms with Gasteiger partial charge >= 0.3 is 5.97 Å². The first-order chi connectivity index (χ1) is 12.9. The van der Waals surface area contributed by atoms with Crippen LogP contribution < -0.4 is 15.2 Å². The summed E-state index contributed by atoms with van der Waals surface area (Å²) < 4.78 is 31.9. The molecule has 1 atom stereocenters. The van der Waals surface area contributed by atoms with Gasteiger partial charge in [0.1, 0.15) is 11.8 Å². The number of carbonyl (C=O) groups is 1. The molecule has 0 aliphatic heterocycles. The largest absolute Gasteiger partial charge is 0.494 e. The lowest BCUT2D eigenvalue weighted by Gasteiger charge is -2.15. The first kappa shape index (κ1) is 23.4. The second-order valence-electron chi connectivity index (χ2n) is 6.58. The number of hydrogen-bond acceptors (Lipinski definition) is 5. The van der Waals surface area contributed by atoms with Gasteiger partial charge in [-0.3, -0.25) is 4.79 Å². The van der Waals surface area contributed by atoms with Gasteiger partial charge in [0.05, 0.1) is 12.4 Å². The molecule has 0 bridgehead atoms. The zero-order valence-electron chi connectivity index (χ0n) is 16.0. The molecular weight excluding hydrogens is 368 g/mol. The molecule has 0 aliphatic rings. The summed E-state index contributed by atoms with van der Waals surface area (Å²) in [5.41, 5.74) is 6.18. The van der Waals surface area contributed by atoms with Gasteiger partial charge in [0.15, 0.2) is 0 Å². The third kappa shape index (κ3) is 10.3. The standard InChI is InChI=1S/C19H32N2O5S/c1-2-3-14-27(24,25)21-18(19(22)23)15-16-8-10-17(11-9-16)26-13-7-5-4-6-12-20/h8-11,18,21H,2-7,12-15,20H2,1H3,(H,22,23)/t18-/m0/s1. The topological polar surface area (TPSA) is 119 Å². The Hall–Kier alpha value is -1.64. The Bertz CT molecular complexity index is 647. The Kier molecular flexibility index (Phi) is 11.0. The molecule has 1 aromatic rings. The molecule has 4 N–H and O–H groups in total. The molecular formula is C19H32N2O5S. The lowest BCUT2D eigenvalue weighted by atomic mass is 10.1. The van der Waals surface area contributed by atoms with Crippen molar-refractivity contribution in [2.24, 2.45) is 5.73 Å². The van der Waals surface area contributed by atoms with Crippen molar-refractivity contribution in [1.29, 1.82) is 0 Å². The van der Waals surface area contributed by atoms with Gasteiger partial charge in [0.2, 0.25) is 10.0 Å². The number of aliphatic carboxylic acids is 1. The SMILES string of the molecule is CCCCS(=O)(=O)N[C@@H](Cc1ccc(OCCCCCCN)cc1)C(=O)O. The van der Waals surface area contributed by atoms with E-state index in [0.717, 1.165) is 37.7 Å². The predicted octanol–water partition coefficient (Wildman–Crippen LogP) is 2.30. The molecule has 1 rings (SSSR count). The van der Waals surface area contributed by atoms with Gasteiger partial charge in [-0.2, -0.15) is 0 Å². The highest BCUT2D eigenvalue weighted by Crippen LogP contribution is 2.15. The minimum Gasteiger partial charge on any atom is -0.494 e. The number of benzene rings is 1. The van der Waals surface area contributed by atoms with Gasteiger partial charge in [-0.1, -0.05) is 38.3 Å². The molecule has 154 valence electrons. The van der Waals surface area contributed by atoms with E-state index in [4.69, 9.17) is 10.5 Å². The van der Waals surface area contributed by atoms with Gasteiger partial charge in [-0.25, -0.2) is 13.1 Å². The molecule has 1 aromatic carbocycles. The van der Waals surface area contributed by atoms with Crippen molar-refractivity contribution in [1.82, 2.24) is 4.72 Å². The maximum Gasteiger partial charge on any atom is 0.322 e. The van der Waals surface area contributed by atoms with Gasteiger partial charge in [0, 0.05) is 0 Å². The van der Waals surface area contributed by atoms with Crippen LogP contribution in [0.15, 0.2) is 24.3 Å². The van der Waals surface area contributed by atoms with Gasteiger partial charge in [0.25, 0.3) is 0 Å². The second kappa shape index (κ2) is 12.7. The average Bonchev–Trinajstić information content (AvgIpc) is 2.63. The van der Waals surface area contributed by atoms with E-state index in [1.807, 2.05) is 6.92 Å². The number of nitrogens with one attached hydrogen (secondary N) is 1. The molecule has 8 heteroatoms. The summed E-state index contributed by atoms with van der Waals surface area (Å²) in [5.74, 6) is -0.536. The third-order valence-corrected chi connectivity index (χ3v) is 5.59. The smallest absolute Gasteiger partial charge is 0.322 e. The van der Waals surface area contributed by atoms with E-state index < -0.39 is 22.0 Å². The lowest BCUT2D eigenvalue weighted by molar-refractivity contribution is -0.138. The van der Waals surface area contributed by atoms with E-state index in [9.17, 15) is 18.3 Å². The first-order valence-corrected chi connectivity index (χ1v) is 11.2. The summed E-state index contributed by atoms with van der Waals surface area (Å²) in [6, 6.07) is 5.90. The summed E-state index contributed by atoms with van der Waals surface area (Å²) in [6.45, 7) is 3.22. The Morgan fingerprint density at radius 1 is 1.15 bits per heavy atom. The van der Waals surface area contributed by atoms with Crippen LogP contribution in [0.5, 0.6) is 5.75 Å². The number of hydrogen-bond donors (Lipinski definition) is 3. The molecule has 0 aliphatic carbocycles. The number of sulfonamides is 1. The number of carboxylic acids is 1. The average molecular weight is 401 g/mol. The van der Waals surface area contributed by atoms with Gasteiger partial charge in [-0.15, -0.1) is 0 Å². The van der Waals surface area contributed by atoms with Gasteiger partial charge < -0.3 is 15.6 Å². The van der Waals surface area contributed by atoms with Crippen molar-refractivity contribution >= 4 is 16.0 Å². The van der Waals surface area contributed by atoms with Crippen LogP contribution in [0.25, 0.3) is 0 Å². The Balaban J connectivity index is 2.52. The van der Waals surface area contributed by atoms with Crippen molar-refractivity contribution in [3.8, 4) is 5.75 Å². The monoisotopic (exact) mass is 400 g/mol. The van der Waals surface area contributed by atoms with Crippen molar-refractivity contribution < 1.29 is 23.1 Å². The lowest BCUT2D eigenvalue weighted by Crippen LogP contribution is -2.43. The van der Waals surface area contributed by atoms with E-state index in [-0.39, 0.29) is 12.2 Å². The van der Waals surface area contributed by atoms with Crippen LogP contribution in [0, 0.1) is 0 Å². The zero-order valence-corrected chi connectivity index (χ0v) is 16.8. The summed E-state index contributed by atoms with van der Waals surface area (Å²) in [7, 11) is -3.60. The van der Waals surface area contributed by atoms with Crippen LogP contribution in [0.1, 0.15) is 51.0 Å². The van der Waals surface area contributed by atoms with Crippen LogP contribution >= 0.6 is 0 Å². The second-order valence-corrected chi connectivity index (χ2v) is 8.45. The summed E-state index contributed by atoms with van der Waals surface area (Å²) >= 11 is 0. The normalized spacial score (nSPS) is 12.7. The van der Waals surface area contributed by atoms with E-state index >= 15 is 0 Å². The number of carboxylic acid groups (broad SMARTS) is 1. The molecule has 0 saturated heterocycles. The molecule has 0 unspecified atom stereocenters. The van der Waals surface area contributed by atoms with Crippen molar-refractivity contribution in [2.45, 2.75) is 57.9 Å². The number of rotatable bonds is 15. The maximum atomic E-state index is 12.0. The van der Waals surface area contributed by atoms with Crippen LogP contribution in [-0.2, 0) is 21.2 Å². The number of nitrogens with two attached hydrogens (primary N) is 1. The molecule has 27 heavy (non-hydrogen) atoms. The predicted molar refractivity (Wildman–Crippen MR) is 106 cm³/mol. The molecule has 0 saturated carbocycles. The van der Waals surface area contributed by atoms with E-state index in [1.165, 1.54) is 0 Å². The highest BCUT2D eigenvalue weighted by molar-refractivity contribution is 7.89. The summed E-state index contributed by atoms with van der Waals surface area (Å²) in [5, 5.41) is 9.32. The van der Waals surface area contributed by atoms with E-state index in [1.54, 1.807) is 24.3 Å². The van der Waals surface area contributed by atoms with Crippen molar-refractivity contribution in [3.05, 3.63) is 29.8 Å². The van der Waals surface area contributed by atoms with Crippen LogP contribution in [-0.4, -0.2) is 44.4 Å². The number of unbranched alkanes of at least 4 members (excludes halogenated alkanes) is 4. The van der Waals surface area contributed by atoms with Crippen LogP contribution in [0.4, 0.5) is 0 Å². The molecule has 0 radical (unpaired) electrons. The molecule has 0 heterocycles. The fourth-order valence-corrected chi connectivity index (χ4v) is 3.94. The Labute approximate surface area is 162 Å². The number of ether oxygens (including phenoxy) is 1. The van der Waals surface area contributed by atoms with Gasteiger partial charge in [-0.05, 0) is 49.9 Å². The molecule has 7 nitrogen and oxygen atoms in total. The third-order valence-electron chi connectivity index (χ3n) is 4.12. The Morgan fingerprint density at radius 3 is 2.41 bits per heavy atom. The van der Waals surface area contributed by atoms with Crippen molar-refractivity contribution in [2.75, 3.05) is 18.9 Å². The summed E-state index contributed by atoms with van der Waals surface area (Å²) in [4.78, 5) is 11.4. The van der Waals surface area contributed by atoms with E-state index in [0.29, 0.717) is 25.3 Å². The Morgan fingerprint density at radius 2 is 1.81 bits per heavy atom. The highest BCUT2D eigenvalue weighted by atomic mass is 32.2. The molecule has 0 amide bonds. The highest BCUT2D eigenvalue weighted by Gasteiger charge is 2.24. The molecule has 0 fully saturated rings. The minimum atomic E-state index is -3.60. The van der Waals surface area contributed by atoms with Crippen LogP contribution in [0.3, 0.4) is 0 Å². The van der Waals surface area contributed by atoms with Crippen LogP contribution in [0.2, 0.25) is 0 Å². The fourth-order valence-electron chi connectivity index (χ4n) is 2.54. The molecule has 0 spiro atoms. The van der Waals surface area contributed by atoms with Crippen molar-refractivity contribution in [3.63, 3.8) is 0 Å². The molecule has 0 aromatic heterocycles. The maximum absolute atomic E-state index is 12.0. The first-order valence-electron chi connectivity index (χ1n) is 9.52. The summed E-state index contributed by atoms with van der Waals surface area (Å²) in [6.07, 6.45) is 5.48. The zero-order chi connectivity index (χ0) is 20.1.